The number of imide groups is 1. The quantitative estimate of drug-likeness (QED) is 0.584. The van der Waals surface area contributed by atoms with Crippen LogP contribution in [0.5, 0.6) is 0 Å². The van der Waals surface area contributed by atoms with Gasteiger partial charge in [0, 0.05) is 12.1 Å². The number of halogens is 1. The summed E-state index contributed by atoms with van der Waals surface area (Å²) >= 11 is 6.95. The Hall–Kier alpha value is -3.03. The zero-order valence-corrected chi connectivity index (χ0v) is 17.2. The SMILES string of the molecule is Cc1c(N2C(=O)SC(=Cc3ccccc3Cl)C2=O)c(=O)n(-c2ccccc2)n1C. The van der Waals surface area contributed by atoms with E-state index >= 15 is 0 Å². The standard InChI is InChI=1S/C21H16ClN3O3S/c1-13-18(20(27)25(23(13)2)15-9-4-3-5-10-15)24-19(26)17(29-21(24)28)12-14-8-6-7-11-16(14)22/h3-12H,1-2H3. The first-order valence-electron chi connectivity index (χ1n) is 8.76. The average molecular weight is 426 g/mol. The lowest BCUT2D eigenvalue weighted by molar-refractivity contribution is -0.113. The number of anilines is 1. The normalized spacial score (nSPS) is 15.6. The van der Waals surface area contributed by atoms with E-state index in [4.69, 9.17) is 11.6 Å². The fraction of sp³-hybridized carbons (Fsp3) is 0.0952. The van der Waals surface area contributed by atoms with Crippen molar-refractivity contribution in [2.75, 3.05) is 4.90 Å². The largest absolute Gasteiger partial charge is 0.298 e. The Morgan fingerprint density at radius 3 is 2.31 bits per heavy atom. The highest BCUT2D eigenvalue weighted by molar-refractivity contribution is 8.19. The van der Waals surface area contributed by atoms with Crippen molar-refractivity contribution in [3.63, 3.8) is 0 Å². The van der Waals surface area contributed by atoms with E-state index in [2.05, 4.69) is 0 Å². The molecule has 0 spiro atoms. The number of benzene rings is 2. The predicted octanol–water partition coefficient (Wildman–Crippen LogP) is 4.38. The molecule has 1 fully saturated rings. The van der Waals surface area contributed by atoms with Gasteiger partial charge in [0.1, 0.15) is 5.69 Å². The lowest BCUT2D eigenvalue weighted by Crippen LogP contribution is -2.33. The Morgan fingerprint density at radius 2 is 1.62 bits per heavy atom. The van der Waals surface area contributed by atoms with Gasteiger partial charge in [-0.25, -0.2) is 9.58 Å². The summed E-state index contributed by atoms with van der Waals surface area (Å²) in [5.74, 6) is -0.536. The third kappa shape index (κ3) is 3.22. The molecule has 1 saturated heterocycles. The van der Waals surface area contributed by atoms with Crippen LogP contribution in [0.4, 0.5) is 10.5 Å². The molecular weight excluding hydrogens is 410 g/mol. The molecule has 0 saturated carbocycles. The molecule has 6 nitrogen and oxygen atoms in total. The van der Waals surface area contributed by atoms with Crippen LogP contribution < -0.4 is 10.5 Å². The van der Waals surface area contributed by atoms with Crippen LogP contribution in [0.25, 0.3) is 11.8 Å². The first-order valence-corrected chi connectivity index (χ1v) is 9.96. The van der Waals surface area contributed by atoms with Crippen molar-refractivity contribution in [2.45, 2.75) is 6.92 Å². The number of nitrogens with zero attached hydrogens (tertiary/aromatic N) is 3. The Labute approximate surface area is 176 Å². The molecule has 1 aliphatic rings. The Morgan fingerprint density at radius 1 is 0.966 bits per heavy atom. The van der Waals surface area contributed by atoms with Gasteiger partial charge in [0.15, 0.2) is 0 Å². The summed E-state index contributed by atoms with van der Waals surface area (Å²) in [6.07, 6.45) is 1.57. The molecule has 1 aromatic heterocycles. The van der Waals surface area contributed by atoms with Gasteiger partial charge in [0.05, 0.1) is 16.3 Å². The van der Waals surface area contributed by atoms with Crippen molar-refractivity contribution in [3.05, 3.63) is 86.1 Å². The van der Waals surface area contributed by atoms with Gasteiger partial charge < -0.3 is 0 Å². The molecule has 0 bridgehead atoms. The number of rotatable bonds is 3. The fourth-order valence-corrected chi connectivity index (χ4v) is 4.21. The lowest BCUT2D eigenvalue weighted by Gasteiger charge is -2.10. The molecule has 2 heterocycles. The molecule has 1 aliphatic heterocycles. The van der Waals surface area contributed by atoms with Crippen molar-refractivity contribution in [1.82, 2.24) is 9.36 Å². The van der Waals surface area contributed by atoms with E-state index < -0.39 is 16.7 Å². The van der Waals surface area contributed by atoms with E-state index in [9.17, 15) is 14.4 Å². The van der Waals surface area contributed by atoms with Gasteiger partial charge in [-0.15, -0.1) is 0 Å². The minimum atomic E-state index is -0.536. The third-order valence-corrected chi connectivity index (χ3v) is 5.95. The van der Waals surface area contributed by atoms with Crippen molar-refractivity contribution in [2.24, 2.45) is 7.05 Å². The molecule has 2 amide bonds. The molecule has 0 N–H and O–H groups in total. The maximum atomic E-state index is 13.2. The number of hydrogen-bond acceptors (Lipinski definition) is 4. The molecule has 146 valence electrons. The highest BCUT2D eigenvalue weighted by Gasteiger charge is 2.40. The van der Waals surface area contributed by atoms with E-state index in [-0.39, 0.29) is 10.6 Å². The average Bonchev–Trinajstić information content (AvgIpc) is 3.10. The van der Waals surface area contributed by atoms with Gasteiger partial charge in [-0.2, -0.15) is 0 Å². The molecule has 0 aliphatic carbocycles. The van der Waals surface area contributed by atoms with Crippen LogP contribution in [0.3, 0.4) is 0 Å². The van der Waals surface area contributed by atoms with Gasteiger partial charge in [0.25, 0.3) is 16.7 Å². The minimum absolute atomic E-state index is 0.0569. The Bertz CT molecular complexity index is 1230. The molecule has 8 heteroatoms. The number of carbonyl (C=O) groups excluding carboxylic acids is 2. The second-order valence-electron chi connectivity index (χ2n) is 6.45. The highest BCUT2D eigenvalue weighted by Crippen LogP contribution is 2.36. The zero-order valence-electron chi connectivity index (χ0n) is 15.6. The lowest BCUT2D eigenvalue weighted by atomic mass is 10.2. The molecule has 3 aromatic rings. The Kier molecular flexibility index (Phi) is 4.94. The van der Waals surface area contributed by atoms with E-state index in [1.807, 2.05) is 18.2 Å². The minimum Gasteiger partial charge on any atom is -0.283 e. The summed E-state index contributed by atoms with van der Waals surface area (Å²) in [5.41, 5.74) is 1.41. The maximum Gasteiger partial charge on any atom is 0.298 e. The second kappa shape index (κ2) is 7.42. The number of hydrogen-bond donors (Lipinski definition) is 0. The van der Waals surface area contributed by atoms with Crippen molar-refractivity contribution < 1.29 is 9.59 Å². The van der Waals surface area contributed by atoms with Gasteiger partial charge in [0.2, 0.25) is 0 Å². The van der Waals surface area contributed by atoms with Crippen LogP contribution in [-0.4, -0.2) is 20.5 Å². The molecular formula is C21H16ClN3O3S. The maximum absolute atomic E-state index is 13.2. The number of carbonyl (C=O) groups is 2. The molecule has 4 rings (SSSR count). The van der Waals surface area contributed by atoms with Gasteiger partial charge in [-0.3, -0.25) is 19.1 Å². The van der Waals surface area contributed by atoms with Gasteiger partial charge >= 0.3 is 0 Å². The van der Waals surface area contributed by atoms with Crippen LogP contribution in [0.15, 0.2) is 64.3 Å². The smallest absolute Gasteiger partial charge is 0.283 e. The highest BCUT2D eigenvalue weighted by atomic mass is 35.5. The van der Waals surface area contributed by atoms with E-state index in [0.29, 0.717) is 22.0 Å². The van der Waals surface area contributed by atoms with Crippen molar-refractivity contribution in [1.29, 1.82) is 0 Å². The topological polar surface area (TPSA) is 64.3 Å². The summed E-state index contributed by atoms with van der Waals surface area (Å²) in [6.45, 7) is 1.71. The summed E-state index contributed by atoms with van der Waals surface area (Å²) in [7, 11) is 1.71. The molecule has 29 heavy (non-hydrogen) atoms. The first kappa shape index (κ1) is 19.3. The summed E-state index contributed by atoms with van der Waals surface area (Å²) in [5, 5.41) is -0.0408. The third-order valence-electron chi connectivity index (χ3n) is 4.73. The van der Waals surface area contributed by atoms with Gasteiger partial charge in [-0.1, -0.05) is 48.0 Å². The molecule has 0 unspecified atom stereocenters. The predicted molar refractivity (Wildman–Crippen MR) is 116 cm³/mol. The van der Waals surface area contributed by atoms with E-state index in [1.54, 1.807) is 61.1 Å². The summed E-state index contributed by atoms with van der Waals surface area (Å²) in [6, 6.07) is 16.1. The fourth-order valence-electron chi connectivity index (χ4n) is 3.21. The number of aromatic nitrogens is 2. The summed E-state index contributed by atoms with van der Waals surface area (Å²) < 4.78 is 3.07. The molecule has 0 radical (unpaired) electrons. The number of thioether (sulfide) groups is 1. The zero-order chi connectivity index (χ0) is 20.7. The van der Waals surface area contributed by atoms with Crippen molar-refractivity contribution in [3.8, 4) is 5.69 Å². The van der Waals surface area contributed by atoms with Crippen molar-refractivity contribution >= 4 is 46.3 Å². The first-order chi connectivity index (χ1) is 13.9. The summed E-state index contributed by atoms with van der Waals surface area (Å²) in [4.78, 5) is 40.0. The number of para-hydroxylation sites is 1. The monoisotopic (exact) mass is 425 g/mol. The number of amides is 2. The van der Waals surface area contributed by atoms with E-state index in [1.165, 1.54) is 4.68 Å². The van der Waals surface area contributed by atoms with Crippen LogP contribution in [-0.2, 0) is 11.8 Å². The van der Waals surface area contributed by atoms with E-state index in [0.717, 1.165) is 16.7 Å². The van der Waals surface area contributed by atoms with Crippen LogP contribution in [0, 0.1) is 6.92 Å². The van der Waals surface area contributed by atoms with Crippen LogP contribution >= 0.6 is 23.4 Å². The van der Waals surface area contributed by atoms with Crippen LogP contribution in [0.1, 0.15) is 11.3 Å². The molecule has 2 aromatic carbocycles. The molecule has 0 atom stereocenters. The Balaban J connectivity index is 1.80. The van der Waals surface area contributed by atoms with Gasteiger partial charge in [-0.05, 0) is 48.5 Å². The van der Waals surface area contributed by atoms with Crippen LogP contribution in [0.2, 0.25) is 5.02 Å². The second-order valence-corrected chi connectivity index (χ2v) is 7.85.